The summed E-state index contributed by atoms with van der Waals surface area (Å²) < 4.78 is 1.86. The lowest BCUT2D eigenvalue weighted by Crippen LogP contribution is -2.43. The van der Waals surface area contributed by atoms with Gasteiger partial charge in [-0.3, -0.25) is 9.58 Å². The Balaban J connectivity index is 1.98. The summed E-state index contributed by atoms with van der Waals surface area (Å²) in [6, 6.07) is 1.95. The molecule has 2 rings (SSSR count). The average Bonchev–Trinajstić information content (AvgIpc) is 2.47. The Morgan fingerprint density at radius 2 is 2.21 bits per heavy atom. The van der Waals surface area contributed by atoms with Gasteiger partial charge in [-0.25, -0.2) is 0 Å². The summed E-state index contributed by atoms with van der Waals surface area (Å²) in [4.78, 5) is 2.41. The first kappa shape index (κ1) is 9.48. The van der Waals surface area contributed by atoms with Gasteiger partial charge in [0.1, 0.15) is 5.82 Å². The molecule has 0 unspecified atom stereocenters. The minimum Gasteiger partial charge on any atom is -0.382 e. The second kappa shape index (κ2) is 3.98. The van der Waals surface area contributed by atoms with Gasteiger partial charge in [0.15, 0.2) is 0 Å². The molecule has 0 amide bonds. The minimum absolute atomic E-state index is 0.609. The van der Waals surface area contributed by atoms with Crippen molar-refractivity contribution in [2.45, 2.75) is 6.54 Å². The van der Waals surface area contributed by atoms with E-state index in [1.165, 1.54) is 5.69 Å². The Bertz CT molecular complexity index is 300. The van der Waals surface area contributed by atoms with Crippen LogP contribution in [0.3, 0.4) is 0 Å². The molecular formula is C9H17N5. The number of anilines is 1. The van der Waals surface area contributed by atoms with E-state index in [1.54, 1.807) is 0 Å². The number of hydrogen-bond acceptors (Lipinski definition) is 4. The number of nitrogens with two attached hydrogens (primary N) is 1. The van der Waals surface area contributed by atoms with Crippen LogP contribution in [0, 0.1) is 0 Å². The highest BCUT2D eigenvalue weighted by Gasteiger charge is 2.12. The zero-order valence-electron chi connectivity index (χ0n) is 8.53. The van der Waals surface area contributed by atoms with Crippen LogP contribution in [0.25, 0.3) is 0 Å². The summed E-state index contributed by atoms with van der Waals surface area (Å²) in [5, 5.41) is 7.46. The van der Waals surface area contributed by atoms with Crippen LogP contribution in [-0.4, -0.2) is 40.9 Å². The van der Waals surface area contributed by atoms with Crippen molar-refractivity contribution in [2.24, 2.45) is 7.05 Å². The number of aryl methyl sites for hydroxylation is 1. The molecule has 1 fully saturated rings. The summed E-state index contributed by atoms with van der Waals surface area (Å²) in [6.07, 6.45) is 0. The van der Waals surface area contributed by atoms with E-state index in [2.05, 4.69) is 15.3 Å². The standard InChI is InChI=1S/C9H17N5/c1-13-8(6-9(10)12-13)7-14-4-2-11-3-5-14/h6,11H,2-5,7H2,1H3,(H2,10,12). The molecule has 0 aliphatic carbocycles. The van der Waals surface area contributed by atoms with E-state index in [-0.39, 0.29) is 0 Å². The minimum atomic E-state index is 0.609. The molecule has 14 heavy (non-hydrogen) atoms. The zero-order valence-corrected chi connectivity index (χ0v) is 8.53. The number of piperazine rings is 1. The topological polar surface area (TPSA) is 59.1 Å². The second-order valence-corrected chi connectivity index (χ2v) is 3.71. The Hall–Kier alpha value is -1.07. The molecule has 78 valence electrons. The van der Waals surface area contributed by atoms with Crippen molar-refractivity contribution in [2.75, 3.05) is 31.9 Å². The molecule has 0 spiro atoms. The van der Waals surface area contributed by atoms with E-state index in [0.717, 1.165) is 32.7 Å². The van der Waals surface area contributed by atoms with Crippen molar-refractivity contribution in [3.63, 3.8) is 0 Å². The summed E-state index contributed by atoms with van der Waals surface area (Å²) in [6.45, 7) is 5.30. The van der Waals surface area contributed by atoms with Crippen LogP contribution >= 0.6 is 0 Å². The molecule has 0 radical (unpaired) electrons. The SMILES string of the molecule is Cn1nc(N)cc1CN1CCNCC1. The largest absolute Gasteiger partial charge is 0.382 e. The van der Waals surface area contributed by atoms with Gasteiger partial charge in [0.05, 0.1) is 5.69 Å². The lowest BCUT2D eigenvalue weighted by Gasteiger charge is -2.26. The van der Waals surface area contributed by atoms with Crippen molar-refractivity contribution in [1.82, 2.24) is 20.0 Å². The third-order valence-corrected chi connectivity index (χ3v) is 2.59. The number of nitrogen functional groups attached to an aromatic ring is 1. The fraction of sp³-hybridized carbons (Fsp3) is 0.667. The molecule has 0 bridgehead atoms. The molecule has 1 aliphatic rings. The maximum Gasteiger partial charge on any atom is 0.145 e. The van der Waals surface area contributed by atoms with Crippen LogP contribution in [0.15, 0.2) is 6.07 Å². The van der Waals surface area contributed by atoms with Crippen LogP contribution in [0.1, 0.15) is 5.69 Å². The Morgan fingerprint density at radius 1 is 1.50 bits per heavy atom. The molecule has 1 aromatic rings. The maximum absolute atomic E-state index is 5.62. The molecular weight excluding hydrogens is 178 g/mol. The molecule has 3 N–H and O–H groups in total. The van der Waals surface area contributed by atoms with Gasteiger partial charge in [-0.2, -0.15) is 5.10 Å². The fourth-order valence-corrected chi connectivity index (χ4v) is 1.78. The molecule has 0 aromatic carbocycles. The van der Waals surface area contributed by atoms with Crippen molar-refractivity contribution in [1.29, 1.82) is 0 Å². The highest BCUT2D eigenvalue weighted by atomic mass is 15.3. The monoisotopic (exact) mass is 195 g/mol. The van der Waals surface area contributed by atoms with E-state index >= 15 is 0 Å². The van der Waals surface area contributed by atoms with Crippen LogP contribution in [0.5, 0.6) is 0 Å². The van der Waals surface area contributed by atoms with Crippen molar-refractivity contribution in [3.05, 3.63) is 11.8 Å². The Morgan fingerprint density at radius 3 is 2.79 bits per heavy atom. The van der Waals surface area contributed by atoms with Gasteiger partial charge in [-0.05, 0) is 0 Å². The van der Waals surface area contributed by atoms with E-state index < -0.39 is 0 Å². The highest BCUT2D eigenvalue weighted by Crippen LogP contribution is 2.08. The first-order valence-corrected chi connectivity index (χ1v) is 4.97. The Kier molecular flexibility index (Phi) is 2.69. The van der Waals surface area contributed by atoms with Crippen LogP contribution in [0.4, 0.5) is 5.82 Å². The van der Waals surface area contributed by atoms with Gasteiger partial charge >= 0.3 is 0 Å². The second-order valence-electron chi connectivity index (χ2n) is 3.71. The molecule has 2 heterocycles. The number of hydrogen-bond donors (Lipinski definition) is 2. The lowest BCUT2D eigenvalue weighted by atomic mass is 10.3. The Labute approximate surface area is 83.9 Å². The van der Waals surface area contributed by atoms with Crippen molar-refractivity contribution < 1.29 is 0 Å². The van der Waals surface area contributed by atoms with Crippen molar-refractivity contribution >= 4 is 5.82 Å². The maximum atomic E-state index is 5.62. The first-order valence-electron chi connectivity index (χ1n) is 4.97. The molecule has 1 aliphatic heterocycles. The third-order valence-electron chi connectivity index (χ3n) is 2.59. The number of nitrogens with zero attached hydrogens (tertiary/aromatic N) is 3. The quantitative estimate of drug-likeness (QED) is 0.662. The fourth-order valence-electron chi connectivity index (χ4n) is 1.78. The normalized spacial score (nSPS) is 18.6. The molecule has 0 saturated carbocycles. The average molecular weight is 195 g/mol. The van der Waals surface area contributed by atoms with Gasteiger partial charge in [-0.15, -0.1) is 0 Å². The van der Waals surface area contributed by atoms with Crippen LogP contribution in [-0.2, 0) is 13.6 Å². The van der Waals surface area contributed by atoms with Gasteiger partial charge in [0.2, 0.25) is 0 Å². The van der Waals surface area contributed by atoms with E-state index in [9.17, 15) is 0 Å². The third kappa shape index (κ3) is 2.05. The lowest BCUT2D eigenvalue weighted by molar-refractivity contribution is 0.228. The van der Waals surface area contributed by atoms with E-state index in [0.29, 0.717) is 5.82 Å². The number of aromatic nitrogens is 2. The van der Waals surface area contributed by atoms with Crippen LogP contribution in [0.2, 0.25) is 0 Å². The van der Waals surface area contributed by atoms with Crippen LogP contribution < -0.4 is 11.1 Å². The summed E-state index contributed by atoms with van der Waals surface area (Å²) >= 11 is 0. The van der Waals surface area contributed by atoms with Gasteiger partial charge in [0, 0.05) is 45.8 Å². The molecule has 0 atom stereocenters. The first-order chi connectivity index (χ1) is 6.75. The molecule has 5 heteroatoms. The summed E-state index contributed by atoms with van der Waals surface area (Å²) in [5.41, 5.74) is 6.81. The van der Waals surface area contributed by atoms with E-state index in [1.807, 2.05) is 17.8 Å². The molecule has 1 aromatic heterocycles. The van der Waals surface area contributed by atoms with Gasteiger partial charge < -0.3 is 11.1 Å². The number of nitrogens with one attached hydrogen (secondary N) is 1. The smallest absolute Gasteiger partial charge is 0.145 e. The molecule has 5 nitrogen and oxygen atoms in total. The predicted molar refractivity (Wildman–Crippen MR) is 55.8 cm³/mol. The highest BCUT2D eigenvalue weighted by molar-refractivity contribution is 5.29. The van der Waals surface area contributed by atoms with E-state index in [4.69, 9.17) is 5.73 Å². The van der Waals surface area contributed by atoms with Gasteiger partial charge in [0.25, 0.3) is 0 Å². The molecule has 1 saturated heterocycles. The van der Waals surface area contributed by atoms with Crippen molar-refractivity contribution in [3.8, 4) is 0 Å². The summed E-state index contributed by atoms with van der Waals surface area (Å²) in [5.74, 6) is 0.609. The summed E-state index contributed by atoms with van der Waals surface area (Å²) in [7, 11) is 1.94. The predicted octanol–water partition coefficient (Wildman–Crippen LogP) is -0.592. The van der Waals surface area contributed by atoms with Gasteiger partial charge in [-0.1, -0.05) is 0 Å². The zero-order chi connectivity index (χ0) is 9.97. The number of rotatable bonds is 2.